The van der Waals surface area contributed by atoms with Gasteiger partial charge in [0.15, 0.2) is 0 Å². The Bertz CT molecular complexity index is 1110. The number of benzene rings is 3. The first-order chi connectivity index (χ1) is 13.2. The Morgan fingerprint density at radius 1 is 0.893 bits per heavy atom. The van der Waals surface area contributed by atoms with Crippen LogP contribution in [0, 0.1) is 6.92 Å². The largest absolute Gasteiger partial charge is 0.322 e. The minimum Gasteiger partial charge on any atom is -0.322 e. The van der Waals surface area contributed by atoms with Crippen molar-refractivity contribution in [3.05, 3.63) is 87.9 Å². The fourth-order valence-corrected chi connectivity index (χ4v) is 4.12. The van der Waals surface area contributed by atoms with Crippen LogP contribution in [0.25, 0.3) is 0 Å². The molecule has 0 aliphatic carbocycles. The molecular formula is C20H16Cl2N2O3S. The minimum atomic E-state index is -3.84. The Balaban J connectivity index is 1.88. The van der Waals surface area contributed by atoms with Crippen LogP contribution in [0.1, 0.15) is 15.9 Å². The summed E-state index contributed by atoms with van der Waals surface area (Å²) < 4.78 is 27.8. The van der Waals surface area contributed by atoms with Gasteiger partial charge in [0.2, 0.25) is 0 Å². The quantitative estimate of drug-likeness (QED) is 0.567. The van der Waals surface area contributed by atoms with Gasteiger partial charge in [-0.25, -0.2) is 8.42 Å². The van der Waals surface area contributed by atoms with Crippen molar-refractivity contribution in [1.82, 2.24) is 0 Å². The van der Waals surface area contributed by atoms with Gasteiger partial charge in [-0.2, -0.15) is 0 Å². The van der Waals surface area contributed by atoms with Crippen LogP contribution in [0.5, 0.6) is 0 Å². The van der Waals surface area contributed by atoms with Gasteiger partial charge in [-0.05, 0) is 49.4 Å². The van der Waals surface area contributed by atoms with Crippen LogP contribution in [-0.2, 0) is 10.0 Å². The third-order valence-corrected chi connectivity index (χ3v) is 5.69. The van der Waals surface area contributed by atoms with Gasteiger partial charge in [0, 0.05) is 15.7 Å². The van der Waals surface area contributed by atoms with Crippen molar-refractivity contribution >= 4 is 50.5 Å². The second kappa shape index (κ2) is 8.22. The van der Waals surface area contributed by atoms with E-state index in [1.807, 2.05) is 6.92 Å². The molecule has 0 unspecified atom stereocenters. The topological polar surface area (TPSA) is 75.3 Å². The van der Waals surface area contributed by atoms with Gasteiger partial charge in [0.1, 0.15) is 0 Å². The van der Waals surface area contributed by atoms with Crippen LogP contribution in [0.4, 0.5) is 11.4 Å². The van der Waals surface area contributed by atoms with Crippen molar-refractivity contribution < 1.29 is 13.2 Å². The summed E-state index contributed by atoms with van der Waals surface area (Å²) in [7, 11) is -3.84. The lowest BCUT2D eigenvalue weighted by Crippen LogP contribution is -2.18. The molecule has 5 nitrogen and oxygen atoms in total. The highest BCUT2D eigenvalue weighted by atomic mass is 35.5. The van der Waals surface area contributed by atoms with E-state index in [0.29, 0.717) is 15.7 Å². The van der Waals surface area contributed by atoms with Crippen molar-refractivity contribution in [3.63, 3.8) is 0 Å². The minimum absolute atomic E-state index is 0.106. The summed E-state index contributed by atoms with van der Waals surface area (Å²) in [6, 6.07) is 17.4. The van der Waals surface area contributed by atoms with Crippen molar-refractivity contribution in [3.8, 4) is 0 Å². The Kier molecular flexibility index (Phi) is 5.93. The Morgan fingerprint density at radius 2 is 1.50 bits per heavy atom. The first kappa shape index (κ1) is 20.2. The highest BCUT2D eigenvalue weighted by Gasteiger charge is 2.18. The molecule has 1 amide bonds. The smallest absolute Gasteiger partial charge is 0.261 e. The van der Waals surface area contributed by atoms with Gasteiger partial charge < -0.3 is 5.32 Å². The molecule has 3 aromatic rings. The molecule has 0 heterocycles. The van der Waals surface area contributed by atoms with Crippen LogP contribution in [-0.4, -0.2) is 14.3 Å². The summed E-state index contributed by atoms with van der Waals surface area (Å²) in [6.45, 7) is 1.87. The van der Waals surface area contributed by atoms with E-state index in [4.69, 9.17) is 23.2 Å². The number of halogens is 2. The standard InChI is InChI=1S/C20H16Cl2N2O3S/c1-13-6-8-17(9-7-13)28(26,27)24-19-5-3-2-4-18(19)20(25)23-16-11-14(21)10-15(22)12-16/h2-12,24H,1H3,(H,23,25). The van der Waals surface area contributed by atoms with Crippen LogP contribution in [0.3, 0.4) is 0 Å². The van der Waals surface area contributed by atoms with E-state index in [2.05, 4.69) is 10.0 Å². The maximum atomic E-state index is 12.7. The Labute approximate surface area is 173 Å². The number of anilines is 2. The number of carbonyl (C=O) groups excluding carboxylic acids is 1. The van der Waals surface area contributed by atoms with E-state index in [1.165, 1.54) is 24.3 Å². The summed E-state index contributed by atoms with van der Waals surface area (Å²) in [6.07, 6.45) is 0. The molecule has 2 N–H and O–H groups in total. The number of sulfonamides is 1. The maximum Gasteiger partial charge on any atom is 0.261 e. The first-order valence-corrected chi connectivity index (χ1v) is 10.4. The number of amides is 1. The fourth-order valence-electron chi connectivity index (χ4n) is 2.52. The van der Waals surface area contributed by atoms with Gasteiger partial charge in [-0.3, -0.25) is 9.52 Å². The van der Waals surface area contributed by atoms with E-state index < -0.39 is 15.9 Å². The highest BCUT2D eigenvalue weighted by molar-refractivity contribution is 7.92. The van der Waals surface area contributed by atoms with Crippen LogP contribution in [0.2, 0.25) is 10.0 Å². The highest BCUT2D eigenvalue weighted by Crippen LogP contribution is 2.25. The molecule has 3 aromatic carbocycles. The van der Waals surface area contributed by atoms with Gasteiger partial charge in [-0.15, -0.1) is 0 Å². The van der Waals surface area contributed by atoms with E-state index in [-0.39, 0.29) is 16.1 Å². The molecule has 0 radical (unpaired) electrons. The van der Waals surface area contributed by atoms with Crippen molar-refractivity contribution in [2.75, 3.05) is 10.0 Å². The number of hydrogen-bond acceptors (Lipinski definition) is 3. The molecule has 0 saturated carbocycles. The van der Waals surface area contributed by atoms with Gasteiger partial charge in [-0.1, -0.05) is 53.0 Å². The van der Waals surface area contributed by atoms with E-state index in [1.54, 1.807) is 42.5 Å². The predicted octanol–water partition coefficient (Wildman–Crippen LogP) is 5.35. The molecule has 28 heavy (non-hydrogen) atoms. The number of hydrogen-bond donors (Lipinski definition) is 2. The summed E-state index contributed by atoms with van der Waals surface area (Å²) >= 11 is 11.9. The number of carbonyl (C=O) groups is 1. The Hall–Kier alpha value is -2.54. The summed E-state index contributed by atoms with van der Waals surface area (Å²) in [5.74, 6) is -0.500. The van der Waals surface area contributed by atoms with Crippen molar-refractivity contribution in [2.24, 2.45) is 0 Å². The molecule has 0 saturated heterocycles. The lowest BCUT2D eigenvalue weighted by molar-refractivity contribution is 0.102. The maximum absolute atomic E-state index is 12.7. The van der Waals surface area contributed by atoms with E-state index in [0.717, 1.165) is 5.56 Å². The van der Waals surface area contributed by atoms with Crippen molar-refractivity contribution in [1.29, 1.82) is 0 Å². The predicted molar refractivity (Wildman–Crippen MR) is 113 cm³/mol. The normalized spacial score (nSPS) is 11.1. The molecule has 0 aliphatic rings. The van der Waals surface area contributed by atoms with Crippen LogP contribution < -0.4 is 10.0 Å². The molecule has 0 aromatic heterocycles. The second-order valence-corrected chi connectivity index (χ2v) is 8.63. The summed E-state index contributed by atoms with van der Waals surface area (Å²) in [4.78, 5) is 12.8. The number of rotatable bonds is 5. The molecule has 144 valence electrons. The lowest BCUT2D eigenvalue weighted by Gasteiger charge is -2.13. The molecule has 8 heteroatoms. The number of nitrogens with one attached hydrogen (secondary N) is 2. The molecule has 3 rings (SSSR count). The zero-order valence-corrected chi connectivity index (χ0v) is 17.1. The first-order valence-electron chi connectivity index (χ1n) is 8.20. The summed E-state index contributed by atoms with van der Waals surface area (Å²) in [5, 5.41) is 3.41. The van der Waals surface area contributed by atoms with Crippen molar-refractivity contribution in [2.45, 2.75) is 11.8 Å². The van der Waals surface area contributed by atoms with E-state index in [9.17, 15) is 13.2 Å². The number of aryl methyl sites for hydroxylation is 1. The molecule has 0 bridgehead atoms. The fraction of sp³-hybridized carbons (Fsp3) is 0.0500. The SMILES string of the molecule is Cc1ccc(S(=O)(=O)Nc2ccccc2C(=O)Nc2cc(Cl)cc(Cl)c2)cc1. The van der Waals surface area contributed by atoms with E-state index >= 15 is 0 Å². The molecule has 0 atom stereocenters. The average Bonchev–Trinajstić information content (AvgIpc) is 2.61. The monoisotopic (exact) mass is 434 g/mol. The van der Waals surface area contributed by atoms with Crippen LogP contribution in [0.15, 0.2) is 71.6 Å². The third-order valence-electron chi connectivity index (χ3n) is 3.87. The Morgan fingerprint density at radius 3 is 2.14 bits per heavy atom. The molecule has 0 fully saturated rings. The lowest BCUT2D eigenvalue weighted by atomic mass is 10.1. The van der Waals surface area contributed by atoms with Gasteiger partial charge in [0.05, 0.1) is 16.1 Å². The molecule has 0 aliphatic heterocycles. The summed E-state index contributed by atoms with van der Waals surface area (Å²) in [5.41, 5.74) is 1.67. The molecular weight excluding hydrogens is 419 g/mol. The third kappa shape index (κ3) is 4.84. The van der Waals surface area contributed by atoms with Gasteiger partial charge in [0.25, 0.3) is 15.9 Å². The van der Waals surface area contributed by atoms with Gasteiger partial charge >= 0.3 is 0 Å². The average molecular weight is 435 g/mol. The zero-order valence-electron chi connectivity index (χ0n) is 14.7. The number of para-hydroxylation sites is 1. The second-order valence-electron chi connectivity index (χ2n) is 6.08. The van der Waals surface area contributed by atoms with Crippen LogP contribution >= 0.6 is 23.2 Å². The zero-order chi connectivity index (χ0) is 20.3. The molecule has 0 spiro atoms.